The summed E-state index contributed by atoms with van der Waals surface area (Å²) < 4.78 is 5.18. The van der Waals surface area contributed by atoms with Gasteiger partial charge in [-0.1, -0.05) is 13.3 Å². The second-order valence-electron chi connectivity index (χ2n) is 3.98. The van der Waals surface area contributed by atoms with Gasteiger partial charge < -0.3 is 9.84 Å². The number of rotatable bonds is 4. The maximum Gasteiger partial charge on any atom is 0.311 e. The van der Waals surface area contributed by atoms with Gasteiger partial charge in [-0.25, -0.2) is 0 Å². The summed E-state index contributed by atoms with van der Waals surface area (Å²) in [6.45, 7) is 5.60. The monoisotopic (exact) mass is 222 g/mol. The maximum absolute atomic E-state index is 11.4. The van der Waals surface area contributed by atoms with Crippen LogP contribution in [0.1, 0.15) is 37.3 Å². The summed E-state index contributed by atoms with van der Waals surface area (Å²) in [6.07, 6.45) is 2.26. The molecule has 0 aliphatic carbocycles. The molecule has 0 atom stereocenters. The number of benzene rings is 1. The number of ether oxygens (including phenoxy) is 1. The smallest absolute Gasteiger partial charge is 0.311 e. The highest BCUT2D eigenvalue weighted by Crippen LogP contribution is 2.27. The predicted octanol–water partition coefficient (Wildman–Crippen LogP) is 3.10. The molecule has 0 unspecified atom stereocenters. The minimum absolute atomic E-state index is 0.216. The Morgan fingerprint density at radius 3 is 2.38 bits per heavy atom. The van der Waals surface area contributed by atoms with Crippen molar-refractivity contribution in [1.29, 1.82) is 0 Å². The van der Waals surface area contributed by atoms with Gasteiger partial charge >= 0.3 is 5.97 Å². The number of unbranched alkanes of at least 4 members (excludes halogenated alkanes) is 1. The Labute approximate surface area is 96.1 Å². The Morgan fingerprint density at radius 2 is 1.88 bits per heavy atom. The molecule has 1 rings (SSSR count). The number of carbonyl (C=O) groups is 1. The van der Waals surface area contributed by atoms with Crippen molar-refractivity contribution in [2.45, 2.75) is 40.0 Å². The lowest BCUT2D eigenvalue weighted by Gasteiger charge is -2.08. The van der Waals surface area contributed by atoms with Crippen LogP contribution in [0, 0.1) is 13.8 Å². The number of aryl methyl sites for hydroxylation is 2. The molecule has 0 bridgehead atoms. The summed E-state index contributed by atoms with van der Waals surface area (Å²) >= 11 is 0. The standard InChI is InChI=1S/C13H18O3/c1-4-5-6-12(14)16-11-7-9(2)13(15)10(3)8-11/h7-8,15H,4-6H2,1-3H3. The molecule has 0 saturated heterocycles. The van der Waals surface area contributed by atoms with Crippen LogP contribution in [0.25, 0.3) is 0 Å². The summed E-state index contributed by atoms with van der Waals surface area (Å²) in [7, 11) is 0. The molecule has 1 N–H and O–H groups in total. The fourth-order valence-corrected chi connectivity index (χ4v) is 1.48. The van der Waals surface area contributed by atoms with Gasteiger partial charge in [0.05, 0.1) is 0 Å². The fraction of sp³-hybridized carbons (Fsp3) is 0.462. The highest BCUT2D eigenvalue weighted by Gasteiger charge is 2.08. The number of carbonyl (C=O) groups excluding carboxylic acids is 1. The van der Waals surface area contributed by atoms with E-state index in [0.29, 0.717) is 12.2 Å². The second-order valence-corrected chi connectivity index (χ2v) is 3.98. The predicted molar refractivity (Wildman–Crippen MR) is 62.7 cm³/mol. The molecule has 88 valence electrons. The minimum atomic E-state index is -0.216. The quantitative estimate of drug-likeness (QED) is 0.629. The first kappa shape index (κ1) is 12.6. The van der Waals surface area contributed by atoms with Crippen LogP contribution < -0.4 is 4.74 Å². The average molecular weight is 222 g/mol. The zero-order chi connectivity index (χ0) is 12.1. The van der Waals surface area contributed by atoms with E-state index in [9.17, 15) is 9.90 Å². The van der Waals surface area contributed by atoms with Gasteiger partial charge in [0.2, 0.25) is 0 Å². The Balaban J connectivity index is 2.71. The van der Waals surface area contributed by atoms with Gasteiger partial charge in [0.25, 0.3) is 0 Å². The van der Waals surface area contributed by atoms with Gasteiger partial charge in [0, 0.05) is 6.42 Å². The van der Waals surface area contributed by atoms with Crippen molar-refractivity contribution in [3.63, 3.8) is 0 Å². The molecule has 1 aromatic carbocycles. The van der Waals surface area contributed by atoms with Crippen LogP contribution >= 0.6 is 0 Å². The topological polar surface area (TPSA) is 46.5 Å². The lowest BCUT2D eigenvalue weighted by atomic mass is 10.1. The molecule has 0 aliphatic rings. The third-order valence-electron chi connectivity index (χ3n) is 2.43. The largest absolute Gasteiger partial charge is 0.507 e. The van der Waals surface area contributed by atoms with E-state index in [0.717, 1.165) is 24.0 Å². The van der Waals surface area contributed by atoms with Gasteiger partial charge in [-0.15, -0.1) is 0 Å². The first-order valence-corrected chi connectivity index (χ1v) is 5.55. The SMILES string of the molecule is CCCCC(=O)Oc1cc(C)c(O)c(C)c1. The van der Waals surface area contributed by atoms with E-state index in [1.54, 1.807) is 26.0 Å². The molecule has 16 heavy (non-hydrogen) atoms. The first-order valence-electron chi connectivity index (χ1n) is 5.55. The van der Waals surface area contributed by atoms with Gasteiger partial charge in [0.1, 0.15) is 11.5 Å². The van der Waals surface area contributed by atoms with Gasteiger partial charge in [-0.3, -0.25) is 4.79 Å². The van der Waals surface area contributed by atoms with Crippen LogP contribution in [0.15, 0.2) is 12.1 Å². The Bertz CT molecular complexity index is 360. The lowest BCUT2D eigenvalue weighted by Crippen LogP contribution is -2.07. The first-order chi connectivity index (χ1) is 7.54. The molecule has 0 saturated carbocycles. The zero-order valence-corrected chi connectivity index (χ0v) is 10.0. The summed E-state index contributed by atoms with van der Waals surface area (Å²) in [5.74, 6) is 0.550. The van der Waals surface area contributed by atoms with Crippen LogP contribution in [0.4, 0.5) is 0 Å². The molecule has 0 aromatic heterocycles. The fourth-order valence-electron chi connectivity index (χ4n) is 1.48. The van der Waals surface area contributed by atoms with Gasteiger partial charge in [0.15, 0.2) is 0 Å². The van der Waals surface area contributed by atoms with E-state index >= 15 is 0 Å². The third kappa shape index (κ3) is 3.26. The number of aromatic hydroxyl groups is 1. The molecule has 0 heterocycles. The highest BCUT2D eigenvalue weighted by atomic mass is 16.5. The second kappa shape index (κ2) is 5.54. The Kier molecular flexibility index (Phi) is 4.35. The molecule has 0 aliphatic heterocycles. The third-order valence-corrected chi connectivity index (χ3v) is 2.43. The molecule has 3 heteroatoms. The van der Waals surface area contributed by atoms with E-state index in [4.69, 9.17) is 4.74 Å². The van der Waals surface area contributed by atoms with Crippen LogP contribution in [-0.2, 0) is 4.79 Å². The summed E-state index contributed by atoms with van der Waals surface area (Å²) in [5.41, 5.74) is 1.44. The Hall–Kier alpha value is -1.51. The van der Waals surface area contributed by atoms with E-state index in [-0.39, 0.29) is 11.7 Å². The number of phenolic OH excluding ortho intramolecular Hbond substituents is 1. The van der Waals surface area contributed by atoms with E-state index in [1.807, 2.05) is 6.92 Å². The summed E-state index contributed by atoms with van der Waals surface area (Å²) in [5, 5.41) is 9.57. The van der Waals surface area contributed by atoms with E-state index in [2.05, 4.69) is 0 Å². The van der Waals surface area contributed by atoms with Crippen LogP contribution in [0.5, 0.6) is 11.5 Å². The highest BCUT2D eigenvalue weighted by molar-refractivity contribution is 5.72. The van der Waals surface area contributed by atoms with Crippen molar-refractivity contribution in [2.75, 3.05) is 0 Å². The average Bonchev–Trinajstić information content (AvgIpc) is 2.23. The van der Waals surface area contributed by atoms with Crippen LogP contribution in [-0.4, -0.2) is 11.1 Å². The molecule has 0 fully saturated rings. The van der Waals surface area contributed by atoms with Crippen molar-refractivity contribution in [3.05, 3.63) is 23.3 Å². The van der Waals surface area contributed by atoms with Crippen molar-refractivity contribution in [1.82, 2.24) is 0 Å². The van der Waals surface area contributed by atoms with Gasteiger partial charge in [-0.2, -0.15) is 0 Å². The van der Waals surface area contributed by atoms with E-state index in [1.165, 1.54) is 0 Å². The molecule has 0 radical (unpaired) electrons. The molecule has 3 nitrogen and oxygen atoms in total. The summed E-state index contributed by atoms with van der Waals surface area (Å²) in [6, 6.07) is 3.35. The molecule has 0 spiro atoms. The van der Waals surface area contributed by atoms with Crippen molar-refractivity contribution >= 4 is 5.97 Å². The van der Waals surface area contributed by atoms with E-state index < -0.39 is 0 Å². The van der Waals surface area contributed by atoms with Crippen molar-refractivity contribution < 1.29 is 14.6 Å². The molecular weight excluding hydrogens is 204 g/mol. The minimum Gasteiger partial charge on any atom is -0.507 e. The summed E-state index contributed by atoms with van der Waals surface area (Å²) in [4.78, 5) is 11.4. The zero-order valence-electron chi connectivity index (χ0n) is 10.0. The molecular formula is C13H18O3. The number of esters is 1. The lowest BCUT2D eigenvalue weighted by molar-refractivity contribution is -0.134. The Morgan fingerprint density at radius 1 is 1.31 bits per heavy atom. The normalized spacial score (nSPS) is 10.2. The molecule has 1 aromatic rings. The van der Waals surface area contributed by atoms with Crippen molar-refractivity contribution in [2.24, 2.45) is 0 Å². The van der Waals surface area contributed by atoms with Crippen LogP contribution in [0.3, 0.4) is 0 Å². The van der Waals surface area contributed by atoms with Crippen molar-refractivity contribution in [3.8, 4) is 11.5 Å². The van der Waals surface area contributed by atoms with Gasteiger partial charge in [-0.05, 0) is 43.5 Å². The number of hydrogen-bond acceptors (Lipinski definition) is 3. The molecule has 0 amide bonds. The maximum atomic E-state index is 11.4. The number of phenols is 1. The van der Waals surface area contributed by atoms with Crippen LogP contribution in [0.2, 0.25) is 0 Å². The number of hydrogen-bond donors (Lipinski definition) is 1.